The van der Waals surface area contributed by atoms with Crippen LogP contribution in [0.25, 0.3) is 21.9 Å². The van der Waals surface area contributed by atoms with Crippen molar-refractivity contribution in [1.82, 2.24) is 5.43 Å². The molecular weight excluding hydrogens is 360 g/mol. The molecule has 0 aromatic heterocycles. The number of hydrogen-bond donors (Lipinski definition) is 1. The third-order valence-electron chi connectivity index (χ3n) is 4.55. The van der Waals surface area contributed by atoms with Crippen molar-refractivity contribution < 1.29 is 9.53 Å². The third-order valence-corrected chi connectivity index (χ3v) is 4.55. The number of hydrogen-bond acceptors (Lipinski definition) is 3. The smallest absolute Gasteiger partial charge is 0.277 e. The maximum absolute atomic E-state index is 12.0. The molecular formula is C25H20N2O2. The van der Waals surface area contributed by atoms with Crippen molar-refractivity contribution in [3.05, 3.63) is 103 Å². The molecule has 1 amide bonds. The van der Waals surface area contributed by atoms with Crippen molar-refractivity contribution in [2.45, 2.75) is 0 Å². The molecule has 142 valence electrons. The van der Waals surface area contributed by atoms with Crippen LogP contribution in [-0.2, 0) is 4.79 Å². The fourth-order valence-corrected chi connectivity index (χ4v) is 3.09. The van der Waals surface area contributed by atoms with E-state index in [4.69, 9.17) is 4.74 Å². The number of nitrogens with zero attached hydrogens (tertiary/aromatic N) is 1. The number of rotatable bonds is 6. The van der Waals surface area contributed by atoms with Crippen LogP contribution in [0.5, 0.6) is 5.75 Å². The van der Waals surface area contributed by atoms with Gasteiger partial charge in [0.1, 0.15) is 5.75 Å². The average Bonchev–Trinajstić information content (AvgIpc) is 2.79. The zero-order valence-corrected chi connectivity index (χ0v) is 15.8. The van der Waals surface area contributed by atoms with E-state index in [1.807, 2.05) is 84.9 Å². The summed E-state index contributed by atoms with van der Waals surface area (Å²) >= 11 is 0. The van der Waals surface area contributed by atoms with Gasteiger partial charge in [-0.25, -0.2) is 5.43 Å². The molecule has 0 fully saturated rings. The van der Waals surface area contributed by atoms with Gasteiger partial charge in [-0.3, -0.25) is 4.79 Å². The van der Waals surface area contributed by atoms with Crippen LogP contribution in [0.15, 0.2) is 102 Å². The second-order valence-corrected chi connectivity index (χ2v) is 6.54. The van der Waals surface area contributed by atoms with Crippen LogP contribution in [0.1, 0.15) is 5.56 Å². The van der Waals surface area contributed by atoms with Gasteiger partial charge in [-0.2, -0.15) is 5.10 Å². The normalized spacial score (nSPS) is 10.9. The van der Waals surface area contributed by atoms with Gasteiger partial charge in [0.25, 0.3) is 5.91 Å². The van der Waals surface area contributed by atoms with E-state index in [0.29, 0.717) is 5.75 Å². The molecule has 0 radical (unpaired) electrons. The number of benzene rings is 4. The summed E-state index contributed by atoms with van der Waals surface area (Å²) in [5.74, 6) is 0.325. The molecule has 4 nitrogen and oxygen atoms in total. The van der Waals surface area contributed by atoms with Gasteiger partial charge in [0.2, 0.25) is 0 Å². The molecule has 0 spiro atoms. The Morgan fingerprint density at radius 3 is 2.31 bits per heavy atom. The van der Waals surface area contributed by atoms with E-state index in [1.54, 1.807) is 6.21 Å². The predicted octanol–water partition coefficient (Wildman–Crippen LogP) is 5.04. The Labute approximate surface area is 169 Å². The Bertz CT molecular complexity index is 1130. The lowest BCUT2D eigenvalue weighted by atomic mass is 10.1. The summed E-state index contributed by atoms with van der Waals surface area (Å²) in [6.45, 7) is -0.0996. The molecule has 0 heterocycles. The fraction of sp³-hybridized carbons (Fsp3) is 0.0400. The standard InChI is InChI=1S/C25H20N2O2/c28-25(27-26-17-22-11-6-10-21-9-4-5-12-24(21)22)18-29-23-15-13-20(14-16-23)19-7-2-1-3-8-19/h1-17H,18H2,(H,27,28)/b26-17+. The average molecular weight is 380 g/mol. The molecule has 0 saturated carbocycles. The van der Waals surface area contributed by atoms with Crippen LogP contribution in [0.3, 0.4) is 0 Å². The van der Waals surface area contributed by atoms with Gasteiger partial charge in [-0.05, 0) is 34.0 Å². The molecule has 0 saturated heterocycles. The van der Waals surface area contributed by atoms with Crippen molar-refractivity contribution in [2.75, 3.05) is 6.61 Å². The molecule has 29 heavy (non-hydrogen) atoms. The zero-order chi connectivity index (χ0) is 19.9. The van der Waals surface area contributed by atoms with Gasteiger partial charge in [-0.1, -0.05) is 84.9 Å². The molecule has 0 atom stereocenters. The fourth-order valence-electron chi connectivity index (χ4n) is 3.09. The minimum absolute atomic E-state index is 0.0996. The van der Waals surface area contributed by atoms with Gasteiger partial charge in [0.15, 0.2) is 6.61 Å². The lowest BCUT2D eigenvalue weighted by Gasteiger charge is -2.07. The summed E-state index contributed by atoms with van der Waals surface area (Å²) < 4.78 is 5.55. The lowest BCUT2D eigenvalue weighted by Crippen LogP contribution is -2.24. The number of carbonyl (C=O) groups is 1. The second-order valence-electron chi connectivity index (χ2n) is 6.54. The van der Waals surface area contributed by atoms with Crippen molar-refractivity contribution >= 4 is 22.9 Å². The second kappa shape index (κ2) is 8.85. The molecule has 0 aliphatic rings. The Hall–Kier alpha value is -3.92. The molecule has 0 aliphatic carbocycles. The van der Waals surface area contributed by atoms with Gasteiger partial charge >= 0.3 is 0 Å². The summed E-state index contributed by atoms with van der Waals surface area (Å²) in [7, 11) is 0. The molecule has 4 aromatic rings. The van der Waals surface area contributed by atoms with Gasteiger partial charge in [0, 0.05) is 5.56 Å². The topological polar surface area (TPSA) is 50.7 Å². The van der Waals surface area contributed by atoms with E-state index in [9.17, 15) is 4.79 Å². The van der Waals surface area contributed by atoms with Crippen LogP contribution in [0.2, 0.25) is 0 Å². The van der Waals surface area contributed by atoms with Crippen LogP contribution in [-0.4, -0.2) is 18.7 Å². The Morgan fingerprint density at radius 2 is 1.48 bits per heavy atom. The van der Waals surface area contributed by atoms with E-state index in [-0.39, 0.29) is 12.5 Å². The molecule has 0 aliphatic heterocycles. The number of hydrazone groups is 1. The van der Waals surface area contributed by atoms with Gasteiger partial charge in [-0.15, -0.1) is 0 Å². The molecule has 0 unspecified atom stereocenters. The summed E-state index contributed by atoms with van der Waals surface area (Å²) in [5.41, 5.74) is 5.69. The number of nitrogens with one attached hydrogen (secondary N) is 1. The van der Waals surface area contributed by atoms with Gasteiger partial charge < -0.3 is 4.74 Å². The molecule has 1 N–H and O–H groups in total. The number of fused-ring (bicyclic) bond motifs is 1. The molecule has 0 bridgehead atoms. The molecule has 4 heteroatoms. The number of carbonyl (C=O) groups excluding carboxylic acids is 1. The maximum atomic E-state index is 12.0. The van der Waals surface area contributed by atoms with Crippen LogP contribution in [0.4, 0.5) is 0 Å². The monoisotopic (exact) mass is 380 g/mol. The quantitative estimate of drug-likeness (QED) is 0.376. The van der Waals surface area contributed by atoms with Crippen molar-refractivity contribution in [3.8, 4) is 16.9 Å². The number of amides is 1. The Balaban J connectivity index is 1.31. The highest BCUT2D eigenvalue weighted by atomic mass is 16.5. The van der Waals surface area contributed by atoms with E-state index in [0.717, 1.165) is 27.5 Å². The zero-order valence-electron chi connectivity index (χ0n) is 15.8. The van der Waals surface area contributed by atoms with Crippen LogP contribution < -0.4 is 10.2 Å². The lowest BCUT2D eigenvalue weighted by molar-refractivity contribution is -0.123. The summed E-state index contributed by atoms with van der Waals surface area (Å²) in [6.07, 6.45) is 1.65. The first kappa shape index (κ1) is 18.4. The summed E-state index contributed by atoms with van der Waals surface area (Å²) in [4.78, 5) is 12.0. The van der Waals surface area contributed by atoms with Gasteiger partial charge in [0.05, 0.1) is 6.21 Å². The van der Waals surface area contributed by atoms with E-state index in [2.05, 4.69) is 22.7 Å². The van der Waals surface area contributed by atoms with Crippen LogP contribution >= 0.6 is 0 Å². The minimum atomic E-state index is -0.311. The summed E-state index contributed by atoms with van der Waals surface area (Å²) in [6, 6.07) is 31.8. The summed E-state index contributed by atoms with van der Waals surface area (Å²) in [5, 5.41) is 6.27. The highest BCUT2D eigenvalue weighted by molar-refractivity contribution is 5.99. The molecule has 4 rings (SSSR count). The third kappa shape index (κ3) is 4.68. The van der Waals surface area contributed by atoms with Crippen LogP contribution in [0, 0.1) is 0 Å². The molecule has 4 aromatic carbocycles. The van der Waals surface area contributed by atoms with Crippen molar-refractivity contribution in [3.63, 3.8) is 0 Å². The minimum Gasteiger partial charge on any atom is -0.484 e. The Morgan fingerprint density at radius 1 is 0.793 bits per heavy atom. The number of ether oxygens (including phenoxy) is 1. The highest BCUT2D eigenvalue weighted by Gasteiger charge is 2.03. The van der Waals surface area contributed by atoms with Crippen molar-refractivity contribution in [1.29, 1.82) is 0 Å². The SMILES string of the molecule is O=C(COc1ccc(-c2ccccc2)cc1)N/N=C/c1cccc2ccccc12. The first-order valence-electron chi connectivity index (χ1n) is 9.37. The highest BCUT2D eigenvalue weighted by Crippen LogP contribution is 2.22. The predicted molar refractivity (Wildman–Crippen MR) is 117 cm³/mol. The van der Waals surface area contributed by atoms with E-state index >= 15 is 0 Å². The first-order valence-corrected chi connectivity index (χ1v) is 9.37. The first-order chi connectivity index (χ1) is 14.3. The Kier molecular flexibility index (Phi) is 5.63. The maximum Gasteiger partial charge on any atom is 0.277 e. The van der Waals surface area contributed by atoms with E-state index in [1.165, 1.54) is 0 Å². The largest absolute Gasteiger partial charge is 0.484 e. The van der Waals surface area contributed by atoms with Crippen molar-refractivity contribution in [2.24, 2.45) is 5.10 Å². The van der Waals surface area contributed by atoms with E-state index < -0.39 is 0 Å².